The molecule has 3 rings (SSSR count). The van der Waals surface area contributed by atoms with Gasteiger partial charge in [-0.15, -0.1) is 0 Å². The zero-order valence-electron chi connectivity index (χ0n) is 20.6. The Morgan fingerprint density at radius 3 is 2.41 bits per heavy atom. The number of benzene rings is 2. The molecule has 8 heteroatoms. The molecule has 3 aromatic rings. The highest BCUT2D eigenvalue weighted by molar-refractivity contribution is 5.87. The first-order valence-electron chi connectivity index (χ1n) is 11.2. The molecule has 0 fully saturated rings. The molecule has 0 saturated heterocycles. The molecule has 0 aliphatic rings. The molecule has 8 nitrogen and oxygen atoms in total. The molecule has 0 saturated carbocycles. The van der Waals surface area contributed by atoms with Gasteiger partial charge in [0.1, 0.15) is 18.0 Å². The molecule has 0 N–H and O–H groups in total. The van der Waals surface area contributed by atoms with E-state index in [1.165, 1.54) is 0 Å². The van der Waals surface area contributed by atoms with Crippen LogP contribution in [0.5, 0.6) is 11.6 Å². The van der Waals surface area contributed by atoms with E-state index in [1.807, 2.05) is 96.3 Å². The van der Waals surface area contributed by atoms with E-state index in [1.54, 1.807) is 15.8 Å². The minimum atomic E-state index is -0.547. The highest BCUT2D eigenvalue weighted by atomic mass is 16.6. The highest BCUT2D eigenvalue weighted by Gasteiger charge is 2.22. The lowest BCUT2D eigenvalue weighted by atomic mass is 10.2. The van der Waals surface area contributed by atoms with Crippen molar-refractivity contribution in [2.24, 2.45) is 12.2 Å². The molecule has 34 heavy (non-hydrogen) atoms. The van der Waals surface area contributed by atoms with Gasteiger partial charge in [-0.2, -0.15) is 5.10 Å². The van der Waals surface area contributed by atoms with Crippen LogP contribution in [-0.4, -0.2) is 34.2 Å². The van der Waals surface area contributed by atoms with E-state index >= 15 is 0 Å². The predicted molar refractivity (Wildman–Crippen MR) is 133 cm³/mol. The number of ether oxygens (including phenoxy) is 2. The van der Waals surface area contributed by atoms with Crippen molar-refractivity contribution >= 4 is 18.0 Å². The Morgan fingerprint density at radius 1 is 1.12 bits per heavy atom. The first-order valence-corrected chi connectivity index (χ1v) is 11.2. The van der Waals surface area contributed by atoms with Crippen LogP contribution in [0.1, 0.15) is 44.5 Å². The zero-order chi connectivity index (χ0) is 24.7. The van der Waals surface area contributed by atoms with Crippen LogP contribution >= 0.6 is 0 Å². The van der Waals surface area contributed by atoms with Crippen LogP contribution in [0.3, 0.4) is 0 Å². The second kappa shape index (κ2) is 10.9. The summed E-state index contributed by atoms with van der Waals surface area (Å²) in [7, 11) is 1.82. The zero-order valence-corrected chi connectivity index (χ0v) is 20.6. The molecule has 2 aromatic carbocycles. The standard InChI is InChI=1S/C26H32N4O4/c1-7-30(25(31)34-26(3,4)5)21-15-13-20(14-16-21)18-32-27-17-23-19(2)28-29(6)24(23)33-22-11-9-8-10-12-22/h8-17H,7,18H2,1-6H3. The quantitative estimate of drug-likeness (QED) is 0.309. The fourth-order valence-electron chi connectivity index (χ4n) is 3.23. The van der Waals surface area contributed by atoms with Crippen LogP contribution in [-0.2, 0) is 23.2 Å². The number of aromatic nitrogens is 2. The third-order valence-electron chi connectivity index (χ3n) is 4.84. The van der Waals surface area contributed by atoms with Gasteiger partial charge in [0.2, 0.25) is 5.88 Å². The van der Waals surface area contributed by atoms with Gasteiger partial charge in [-0.05, 0) is 64.4 Å². The molecule has 0 atom stereocenters. The number of aryl methyl sites for hydroxylation is 2. The lowest BCUT2D eigenvalue weighted by Gasteiger charge is -2.26. The second-order valence-electron chi connectivity index (χ2n) is 8.74. The number of hydrogen-bond acceptors (Lipinski definition) is 6. The van der Waals surface area contributed by atoms with Crippen molar-refractivity contribution in [3.8, 4) is 11.6 Å². The average molecular weight is 465 g/mol. The van der Waals surface area contributed by atoms with Crippen LogP contribution in [0.15, 0.2) is 59.8 Å². The van der Waals surface area contributed by atoms with Crippen LogP contribution in [0.25, 0.3) is 0 Å². The maximum atomic E-state index is 12.4. The first kappa shape index (κ1) is 24.8. The first-order chi connectivity index (χ1) is 16.2. The fourth-order valence-corrected chi connectivity index (χ4v) is 3.23. The van der Waals surface area contributed by atoms with E-state index in [0.717, 1.165) is 22.5 Å². The third kappa shape index (κ3) is 6.60. The number of hydrogen-bond donors (Lipinski definition) is 0. The number of carbonyl (C=O) groups excluding carboxylic acids is 1. The maximum Gasteiger partial charge on any atom is 0.414 e. The molecule has 0 aliphatic heterocycles. The molecule has 180 valence electrons. The van der Waals surface area contributed by atoms with Gasteiger partial charge in [0, 0.05) is 19.3 Å². The Bertz CT molecular complexity index is 1120. The van der Waals surface area contributed by atoms with Gasteiger partial charge in [0.15, 0.2) is 0 Å². The van der Waals surface area contributed by atoms with E-state index in [0.29, 0.717) is 18.2 Å². The largest absolute Gasteiger partial charge is 0.443 e. The van der Waals surface area contributed by atoms with Crippen molar-refractivity contribution < 1.29 is 19.1 Å². The second-order valence-corrected chi connectivity index (χ2v) is 8.74. The van der Waals surface area contributed by atoms with Gasteiger partial charge >= 0.3 is 6.09 Å². The molecule has 0 unspecified atom stereocenters. The Kier molecular flexibility index (Phi) is 7.94. The number of anilines is 1. The van der Waals surface area contributed by atoms with Crippen LogP contribution < -0.4 is 9.64 Å². The molecule has 0 radical (unpaired) electrons. The summed E-state index contributed by atoms with van der Waals surface area (Å²) in [6, 6.07) is 17.1. The summed E-state index contributed by atoms with van der Waals surface area (Å²) in [4.78, 5) is 19.5. The number of rotatable bonds is 8. The molecule has 1 amide bonds. The van der Waals surface area contributed by atoms with E-state index in [-0.39, 0.29) is 12.7 Å². The Balaban J connectivity index is 1.62. The van der Waals surface area contributed by atoms with Crippen LogP contribution in [0.4, 0.5) is 10.5 Å². The number of amides is 1. The third-order valence-corrected chi connectivity index (χ3v) is 4.84. The van der Waals surface area contributed by atoms with Crippen molar-refractivity contribution in [2.45, 2.75) is 46.8 Å². The summed E-state index contributed by atoms with van der Waals surface area (Å²) in [5, 5.41) is 8.53. The lowest BCUT2D eigenvalue weighted by Crippen LogP contribution is -2.36. The van der Waals surface area contributed by atoms with Crippen molar-refractivity contribution in [3.63, 3.8) is 0 Å². The Morgan fingerprint density at radius 2 is 1.79 bits per heavy atom. The lowest BCUT2D eigenvalue weighted by molar-refractivity contribution is 0.0582. The number of carbonyl (C=O) groups is 1. The van der Waals surface area contributed by atoms with E-state index in [2.05, 4.69) is 10.3 Å². The van der Waals surface area contributed by atoms with Gasteiger partial charge in [-0.1, -0.05) is 35.5 Å². The molecule has 0 aliphatic carbocycles. The van der Waals surface area contributed by atoms with Gasteiger partial charge in [-0.3, -0.25) is 4.90 Å². The van der Waals surface area contributed by atoms with Gasteiger partial charge in [0.05, 0.1) is 17.5 Å². The molecular weight excluding hydrogens is 432 g/mol. The predicted octanol–water partition coefficient (Wildman–Crippen LogP) is 5.83. The average Bonchev–Trinajstić information content (AvgIpc) is 3.04. The summed E-state index contributed by atoms with van der Waals surface area (Å²) in [5.74, 6) is 1.30. The minimum absolute atomic E-state index is 0.281. The summed E-state index contributed by atoms with van der Waals surface area (Å²) < 4.78 is 13.1. The van der Waals surface area contributed by atoms with Crippen LogP contribution in [0.2, 0.25) is 0 Å². The summed E-state index contributed by atoms with van der Waals surface area (Å²) in [6.45, 7) is 10.1. The van der Waals surface area contributed by atoms with E-state index in [9.17, 15) is 4.79 Å². The van der Waals surface area contributed by atoms with Gasteiger partial charge in [-0.25, -0.2) is 9.48 Å². The molecule has 0 bridgehead atoms. The molecule has 0 spiro atoms. The van der Waals surface area contributed by atoms with Crippen molar-refractivity contribution in [1.29, 1.82) is 0 Å². The number of nitrogens with zero attached hydrogens (tertiary/aromatic N) is 4. The molecule has 1 heterocycles. The Labute approximate surface area is 200 Å². The number of oxime groups is 1. The fraction of sp³-hybridized carbons (Fsp3) is 0.346. The normalized spacial score (nSPS) is 11.5. The van der Waals surface area contributed by atoms with Crippen molar-refractivity contribution in [3.05, 3.63) is 71.4 Å². The van der Waals surface area contributed by atoms with Crippen molar-refractivity contribution in [1.82, 2.24) is 9.78 Å². The Hall–Kier alpha value is -3.81. The smallest absolute Gasteiger partial charge is 0.414 e. The van der Waals surface area contributed by atoms with E-state index < -0.39 is 5.60 Å². The number of para-hydroxylation sites is 1. The molecular formula is C26H32N4O4. The summed E-state index contributed by atoms with van der Waals surface area (Å²) >= 11 is 0. The topological polar surface area (TPSA) is 78.2 Å². The monoisotopic (exact) mass is 464 g/mol. The van der Waals surface area contributed by atoms with Crippen LogP contribution in [0, 0.1) is 6.92 Å². The van der Waals surface area contributed by atoms with Gasteiger partial charge in [0.25, 0.3) is 0 Å². The summed E-state index contributed by atoms with van der Waals surface area (Å²) in [5.41, 5.74) is 2.67. The minimum Gasteiger partial charge on any atom is -0.443 e. The maximum absolute atomic E-state index is 12.4. The molecule has 1 aromatic heterocycles. The van der Waals surface area contributed by atoms with Crippen molar-refractivity contribution in [2.75, 3.05) is 11.4 Å². The van der Waals surface area contributed by atoms with Gasteiger partial charge < -0.3 is 14.3 Å². The van der Waals surface area contributed by atoms with E-state index in [4.69, 9.17) is 14.3 Å². The summed E-state index contributed by atoms with van der Waals surface area (Å²) in [6.07, 6.45) is 1.24. The highest BCUT2D eigenvalue weighted by Crippen LogP contribution is 2.26. The SMILES string of the molecule is CCN(C(=O)OC(C)(C)C)c1ccc(CON=Cc2c(C)nn(C)c2Oc2ccccc2)cc1.